The van der Waals surface area contributed by atoms with Gasteiger partial charge in [0, 0.05) is 5.56 Å². The molecule has 6 heteroatoms. The Hall–Kier alpha value is -1.92. The number of benzene rings is 2. The molecule has 0 aromatic heterocycles. The lowest BCUT2D eigenvalue weighted by Gasteiger charge is -2.18. The Kier molecular flexibility index (Phi) is 6.56. The van der Waals surface area contributed by atoms with E-state index in [9.17, 15) is 13.6 Å². The average molecular weight is 365 g/mol. The predicted octanol–water partition coefficient (Wildman–Crippen LogP) is 4.68. The third-order valence-electron chi connectivity index (χ3n) is 4.03. The summed E-state index contributed by atoms with van der Waals surface area (Å²) in [6.07, 6.45) is -0.149. The van der Waals surface area contributed by atoms with Crippen LogP contribution < -0.4 is 4.72 Å². The van der Waals surface area contributed by atoms with Gasteiger partial charge in [0.25, 0.3) is 0 Å². The first-order chi connectivity index (χ1) is 11.9. The van der Waals surface area contributed by atoms with E-state index in [-0.39, 0.29) is 18.6 Å². The highest BCUT2D eigenvalue weighted by Gasteiger charge is 2.23. The van der Waals surface area contributed by atoms with Gasteiger partial charge < -0.3 is 4.74 Å². The topological polar surface area (TPSA) is 38.3 Å². The van der Waals surface area contributed by atoms with E-state index < -0.39 is 23.6 Å². The fourth-order valence-electron chi connectivity index (χ4n) is 2.89. The van der Waals surface area contributed by atoms with Crippen LogP contribution in [0.3, 0.4) is 0 Å². The molecule has 25 heavy (non-hydrogen) atoms. The van der Waals surface area contributed by atoms with Crippen LogP contribution in [0.1, 0.15) is 36.1 Å². The number of thiol groups is 1. The van der Waals surface area contributed by atoms with Crippen LogP contribution in [0, 0.1) is 25.5 Å². The molecule has 1 atom stereocenters. The first-order valence-electron chi connectivity index (χ1n) is 7.99. The molecule has 0 spiro atoms. The second-order valence-corrected chi connectivity index (χ2v) is 6.08. The van der Waals surface area contributed by atoms with Crippen molar-refractivity contribution in [2.75, 3.05) is 6.61 Å². The molecule has 0 saturated carbocycles. The minimum absolute atomic E-state index is 0.0423. The molecule has 0 radical (unpaired) electrons. The molecule has 1 N–H and O–H groups in total. The Balaban J connectivity index is 2.52. The van der Waals surface area contributed by atoms with Crippen molar-refractivity contribution in [3.05, 3.63) is 58.7 Å². The third kappa shape index (κ3) is 4.38. The number of carbonyl (C=O) groups excluding carboxylic acids is 1. The number of hydrogen-bond donors (Lipinski definition) is 2. The first kappa shape index (κ1) is 19.4. The molecule has 0 amide bonds. The fourth-order valence-corrected chi connectivity index (χ4v) is 3.12. The molecule has 2 aromatic carbocycles. The van der Waals surface area contributed by atoms with Crippen molar-refractivity contribution in [3.63, 3.8) is 0 Å². The number of carbonyl (C=O) groups is 1. The smallest absolute Gasteiger partial charge is 0.307 e. The highest BCUT2D eigenvalue weighted by molar-refractivity contribution is 7.78. The van der Waals surface area contributed by atoms with E-state index in [1.165, 1.54) is 6.07 Å². The molecule has 3 nitrogen and oxygen atoms in total. The normalized spacial score (nSPS) is 12.1. The quantitative estimate of drug-likeness (QED) is 0.577. The average Bonchev–Trinajstić information content (AvgIpc) is 2.56. The highest BCUT2D eigenvalue weighted by Crippen LogP contribution is 2.33. The number of esters is 1. The van der Waals surface area contributed by atoms with Gasteiger partial charge in [-0.15, -0.1) is 0 Å². The summed E-state index contributed by atoms with van der Waals surface area (Å²) in [6, 6.07) is 7.66. The Bertz CT molecular complexity index is 760. The molecule has 0 bridgehead atoms. The summed E-state index contributed by atoms with van der Waals surface area (Å²) < 4.78 is 36.1. The number of hydrogen-bond acceptors (Lipinski definition) is 4. The van der Waals surface area contributed by atoms with Crippen LogP contribution in [0.4, 0.5) is 8.78 Å². The van der Waals surface area contributed by atoms with Gasteiger partial charge in [-0.1, -0.05) is 31.0 Å². The molecule has 1 unspecified atom stereocenters. The zero-order valence-electron chi connectivity index (χ0n) is 14.4. The van der Waals surface area contributed by atoms with Crippen molar-refractivity contribution in [2.45, 2.75) is 33.2 Å². The highest BCUT2D eigenvalue weighted by atomic mass is 32.1. The lowest BCUT2D eigenvalue weighted by atomic mass is 9.92. The largest absolute Gasteiger partial charge is 0.466 e. The molecular formula is C19H21F2NO2S. The Labute approximate surface area is 151 Å². The zero-order chi connectivity index (χ0) is 18.6. The number of halogens is 2. The second-order valence-electron chi connectivity index (χ2n) is 5.82. The van der Waals surface area contributed by atoms with Gasteiger partial charge in [-0.05, 0) is 55.2 Å². The molecule has 134 valence electrons. The van der Waals surface area contributed by atoms with Crippen LogP contribution in [0.5, 0.6) is 0 Å². The van der Waals surface area contributed by atoms with Crippen LogP contribution >= 0.6 is 12.8 Å². The minimum Gasteiger partial charge on any atom is -0.466 e. The van der Waals surface area contributed by atoms with E-state index in [0.717, 1.165) is 16.7 Å². The molecule has 0 aliphatic heterocycles. The van der Waals surface area contributed by atoms with Crippen LogP contribution in [0.25, 0.3) is 11.1 Å². The van der Waals surface area contributed by atoms with E-state index in [0.29, 0.717) is 5.56 Å². The number of aryl methyl sites for hydroxylation is 2. The predicted molar refractivity (Wildman–Crippen MR) is 97.4 cm³/mol. The summed E-state index contributed by atoms with van der Waals surface area (Å²) in [5.74, 6) is -2.47. The van der Waals surface area contributed by atoms with Crippen LogP contribution in [0.2, 0.25) is 0 Å². The summed E-state index contributed by atoms with van der Waals surface area (Å²) in [6.45, 7) is 5.73. The van der Waals surface area contributed by atoms with E-state index >= 15 is 0 Å². The molecule has 0 heterocycles. The van der Waals surface area contributed by atoms with Crippen molar-refractivity contribution in [3.8, 4) is 11.1 Å². The maximum absolute atomic E-state index is 14.4. The monoisotopic (exact) mass is 365 g/mol. The maximum Gasteiger partial charge on any atom is 0.307 e. The van der Waals surface area contributed by atoms with Crippen molar-refractivity contribution in [1.82, 2.24) is 4.72 Å². The molecule has 0 fully saturated rings. The van der Waals surface area contributed by atoms with Gasteiger partial charge in [0.15, 0.2) is 11.6 Å². The lowest BCUT2D eigenvalue weighted by molar-refractivity contribution is -0.143. The Morgan fingerprint density at radius 2 is 1.88 bits per heavy atom. The van der Waals surface area contributed by atoms with Gasteiger partial charge in [-0.2, -0.15) is 0 Å². The van der Waals surface area contributed by atoms with Crippen molar-refractivity contribution in [1.29, 1.82) is 0 Å². The Morgan fingerprint density at radius 1 is 1.24 bits per heavy atom. The molecular weight excluding hydrogens is 344 g/mol. The SMILES string of the molecule is CCOC(=O)CC(NS)c1cc(-c2c(C)cccc2C)cc(F)c1F. The summed E-state index contributed by atoms with van der Waals surface area (Å²) in [7, 11) is 0. The standard InChI is InChI=1S/C19H21F2NO2S/c1-4-24-17(23)10-16(22-25)14-8-13(9-15(20)19(14)21)18-11(2)6-5-7-12(18)3/h5-9,16,22,25H,4,10H2,1-3H3. The van der Waals surface area contributed by atoms with Gasteiger partial charge >= 0.3 is 5.97 Å². The van der Waals surface area contributed by atoms with E-state index in [4.69, 9.17) is 4.74 Å². The van der Waals surface area contributed by atoms with Crippen LogP contribution in [-0.4, -0.2) is 12.6 Å². The van der Waals surface area contributed by atoms with Gasteiger partial charge in [0.05, 0.1) is 19.1 Å². The van der Waals surface area contributed by atoms with Crippen molar-refractivity contribution < 1.29 is 18.3 Å². The fraction of sp³-hybridized carbons (Fsp3) is 0.316. The van der Waals surface area contributed by atoms with Gasteiger partial charge in [0.2, 0.25) is 0 Å². The first-order valence-corrected chi connectivity index (χ1v) is 8.44. The number of rotatable bonds is 6. The van der Waals surface area contributed by atoms with Crippen LogP contribution in [-0.2, 0) is 9.53 Å². The summed E-state index contributed by atoms with van der Waals surface area (Å²) in [5, 5.41) is 0. The van der Waals surface area contributed by atoms with E-state index in [2.05, 4.69) is 17.5 Å². The molecule has 2 rings (SSSR count). The number of ether oxygens (including phenoxy) is 1. The van der Waals surface area contributed by atoms with Crippen molar-refractivity contribution >= 4 is 18.8 Å². The van der Waals surface area contributed by atoms with Crippen LogP contribution in [0.15, 0.2) is 30.3 Å². The summed E-state index contributed by atoms with van der Waals surface area (Å²) in [4.78, 5) is 11.7. The van der Waals surface area contributed by atoms with Gasteiger partial charge in [0.1, 0.15) is 0 Å². The minimum atomic E-state index is -0.995. The zero-order valence-corrected chi connectivity index (χ0v) is 15.3. The lowest BCUT2D eigenvalue weighted by Crippen LogP contribution is -2.20. The van der Waals surface area contributed by atoms with Gasteiger partial charge in [-0.25, -0.2) is 8.78 Å². The molecule has 0 aliphatic rings. The van der Waals surface area contributed by atoms with E-state index in [1.807, 2.05) is 32.0 Å². The summed E-state index contributed by atoms with van der Waals surface area (Å²) in [5.41, 5.74) is 3.36. The van der Waals surface area contributed by atoms with Gasteiger partial charge in [-0.3, -0.25) is 9.52 Å². The second kappa shape index (κ2) is 8.45. The maximum atomic E-state index is 14.4. The third-order valence-corrected chi connectivity index (χ3v) is 4.35. The molecule has 0 aliphatic carbocycles. The molecule has 2 aromatic rings. The number of nitrogens with one attached hydrogen (secondary N) is 1. The summed E-state index contributed by atoms with van der Waals surface area (Å²) >= 11 is 3.97. The molecule has 0 saturated heterocycles. The van der Waals surface area contributed by atoms with Crippen molar-refractivity contribution in [2.24, 2.45) is 0 Å². The van der Waals surface area contributed by atoms with E-state index in [1.54, 1.807) is 13.0 Å². The Morgan fingerprint density at radius 3 is 2.44 bits per heavy atom.